The van der Waals surface area contributed by atoms with Crippen molar-refractivity contribution in [1.29, 1.82) is 0 Å². The van der Waals surface area contributed by atoms with Gasteiger partial charge in [-0.05, 0) is 18.4 Å². The summed E-state index contributed by atoms with van der Waals surface area (Å²) in [6, 6.07) is 21.5. The number of hydrogen-bond acceptors (Lipinski definition) is 5. The normalized spacial score (nSPS) is 21.7. The molecule has 5 nitrogen and oxygen atoms in total. The molecule has 32 heavy (non-hydrogen) atoms. The maximum atomic E-state index is 13.4. The van der Waals surface area contributed by atoms with E-state index in [1.165, 1.54) is 24.6 Å². The first-order valence-corrected chi connectivity index (χ1v) is 13.7. The monoisotopic (exact) mass is 454 g/mol. The number of esters is 2. The first-order chi connectivity index (χ1) is 15.2. The van der Waals surface area contributed by atoms with Gasteiger partial charge < -0.3 is 14.2 Å². The molecule has 0 aromatic heterocycles. The van der Waals surface area contributed by atoms with Gasteiger partial charge in [-0.3, -0.25) is 9.59 Å². The molecular formula is C26H34O5Si. The van der Waals surface area contributed by atoms with Crippen molar-refractivity contribution < 1.29 is 23.8 Å². The molecule has 1 aliphatic rings. The average Bonchev–Trinajstić information content (AvgIpc) is 3.05. The molecule has 3 rings (SSSR count). The minimum atomic E-state index is -2.35. The van der Waals surface area contributed by atoms with E-state index in [0.717, 1.165) is 0 Å². The summed E-state index contributed by atoms with van der Waals surface area (Å²) in [6.07, 6.45) is 0.297. The lowest BCUT2D eigenvalue weighted by molar-refractivity contribution is -0.183. The summed E-state index contributed by atoms with van der Waals surface area (Å²) in [7, 11) is 1.97. The molecule has 2 aromatic rings. The second kappa shape index (κ2) is 9.20. The van der Waals surface area contributed by atoms with Crippen molar-refractivity contribution in [2.24, 2.45) is 16.7 Å². The predicted octanol–water partition coefficient (Wildman–Crippen LogP) is 3.27. The molecule has 0 saturated heterocycles. The third-order valence-corrected chi connectivity index (χ3v) is 12.2. The summed E-state index contributed by atoms with van der Waals surface area (Å²) in [5, 5.41) is 2.52. The Labute approximate surface area is 192 Å². The average molecular weight is 455 g/mol. The van der Waals surface area contributed by atoms with Crippen LogP contribution in [0.15, 0.2) is 60.7 Å². The quantitative estimate of drug-likeness (QED) is 0.365. The van der Waals surface area contributed by atoms with E-state index in [1.807, 2.05) is 50.2 Å². The van der Waals surface area contributed by atoms with Crippen molar-refractivity contribution in [3.63, 3.8) is 0 Å². The number of hydrogen-bond donors (Lipinski definition) is 0. The van der Waals surface area contributed by atoms with Crippen LogP contribution in [0.2, 0.25) is 12.6 Å². The van der Waals surface area contributed by atoms with Crippen LogP contribution in [0.3, 0.4) is 0 Å². The maximum Gasteiger partial charge on any atom is 0.324 e. The van der Waals surface area contributed by atoms with Gasteiger partial charge >= 0.3 is 11.9 Å². The summed E-state index contributed by atoms with van der Waals surface area (Å²) in [4.78, 5) is 26.8. The van der Waals surface area contributed by atoms with Gasteiger partial charge in [0.05, 0.1) is 20.3 Å². The van der Waals surface area contributed by atoms with Crippen LogP contribution >= 0.6 is 0 Å². The van der Waals surface area contributed by atoms with Gasteiger partial charge in [0, 0.05) is 12.5 Å². The van der Waals surface area contributed by atoms with Gasteiger partial charge in [-0.15, -0.1) is 0 Å². The Balaban J connectivity index is 2.22. The second-order valence-corrected chi connectivity index (χ2v) is 13.7. The van der Waals surface area contributed by atoms with Crippen molar-refractivity contribution in [2.75, 3.05) is 21.3 Å². The highest BCUT2D eigenvalue weighted by atomic mass is 28.3. The van der Waals surface area contributed by atoms with Gasteiger partial charge in [0.15, 0.2) is 5.41 Å². The molecule has 172 valence electrons. The van der Waals surface area contributed by atoms with E-state index in [-0.39, 0.29) is 12.0 Å². The van der Waals surface area contributed by atoms with Gasteiger partial charge in [-0.1, -0.05) is 91.4 Å². The van der Waals surface area contributed by atoms with Crippen LogP contribution in [0.5, 0.6) is 0 Å². The van der Waals surface area contributed by atoms with Gasteiger partial charge in [-0.25, -0.2) is 0 Å². The van der Waals surface area contributed by atoms with Crippen LogP contribution in [-0.4, -0.2) is 47.4 Å². The minimum Gasteiger partial charge on any atom is -0.468 e. The summed E-state index contributed by atoms with van der Waals surface area (Å²) >= 11 is 0. The summed E-state index contributed by atoms with van der Waals surface area (Å²) in [5.41, 5.74) is -2.25. The van der Waals surface area contributed by atoms with E-state index < -0.39 is 30.8 Å². The molecule has 1 saturated carbocycles. The van der Waals surface area contributed by atoms with E-state index in [9.17, 15) is 9.59 Å². The first kappa shape index (κ1) is 24.2. The molecule has 0 bridgehead atoms. The fourth-order valence-corrected chi connectivity index (χ4v) is 10.0. The summed E-state index contributed by atoms with van der Waals surface area (Å²) in [5.74, 6) is -1.38. The molecule has 0 N–H and O–H groups in total. The highest BCUT2D eigenvalue weighted by Gasteiger charge is 2.71. The zero-order valence-electron chi connectivity index (χ0n) is 19.9. The van der Waals surface area contributed by atoms with Crippen LogP contribution in [0.1, 0.15) is 20.3 Å². The Morgan fingerprint density at radius 3 is 1.69 bits per heavy atom. The fraction of sp³-hybridized carbons (Fsp3) is 0.462. The van der Waals surface area contributed by atoms with Crippen molar-refractivity contribution >= 4 is 30.4 Å². The maximum absolute atomic E-state index is 13.4. The van der Waals surface area contributed by atoms with Crippen molar-refractivity contribution in [3.8, 4) is 0 Å². The number of methoxy groups -OCH3 is 3. The highest BCUT2D eigenvalue weighted by molar-refractivity contribution is 7.01. The molecule has 0 heterocycles. The second-order valence-electron chi connectivity index (χ2n) is 9.44. The van der Waals surface area contributed by atoms with E-state index in [0.29, 0.717) is 12.5 Å². The molecule has 0 radical (unpaired) electrons. The number of benzene rings is 2. The van der Waals surface area contributed by atoms with Gasteiger partial charge in [-0.2, -0.15) is 0 Å². The van der Waals surface area contributed by atoms with Crippen LogP contribution in [0.25, 0.3) is 0 Å². The Kier molecular flexibility index (Phi) is 6.96. The number of carbonyl (C=O) groups is 2. The third-order valence-electron chi connectivity index (χ3n) is 7.71. The van der Waals surface area contributed by atoms with Crippen LogP contribution in [0.4, 0.5) is 0 Å². The van der Waals surface area contributed by atoms with E-state index in [4.69, 9.17) is 14.2 Å². The first-order valence-electron chi connectivity index (χ1n) is 11.0. The van der Waals surface area contributed by atoms with E-state index in [2.05, 4.69) is 30.8 Å². The number of ether oxygens (including phenoxy) is 3. The van der Waals surface area contributed by atoms with Gasteiger partial charge in [0.25, 0.3) is 0 Å². The third kappa shape index (κ3) is 3.59. The Morgan fingerprint density at radius 1 is 0.875 bits per heavy atom. The SMILES string of the molecule is COC(=O)C1(C(=O)OC)[C@H](C[Si](C)(c2ccccc2)c2ccccc2)C[C@@H](OC)C1(C)C. The van der Waals surface area contributed by atoms with Crippen LogP contribution < -0.4 is 10.4 Å². The van der Waals surface area contributed by atoms with E-state index >= 15 is 0 Å². The smallest absolute Gasteiger partial charge is 0.324 e. The van der Waals surface area contributed by atoms with Crippen LogP contribution in [0, 0.1) is 16.7 Å². The Hall–Kier alpha value is -2.44. The highest BCUT2D eigenvalue weighted by Crippen LogP contribution is 2.60. The van der Waals surface area contributed by atoms with Crippen LogP contribution in [-0.2, 0) is 23.8 Å². The molecule has 2 atom stereocenters. The molecule has 0 amide bonds. The molecule has 1 fully saturated rings. The Morgan fingerprint density at radius 2 is 1.31 bits per heavy atom. The lowest BCUT2D eigenvalue weighted by Gasteiger charge is -2.43. The zero-order valence-corrected chi connectivity index (χ0v) is 20.9. The molecule has 0 aliphatic heterocycles. The Bertz CT molecular complexity index is 886. The molecule has 0 spiro atoms. The lowest BCUT2D eigenvalue weighted by Crippen LogP contribution is -2.60. The van der Waals surface area contributed by atoms with Crippen molar-refractivity contribution in [2.45, 2.75) is 39.0 Å². The largest absolute Gasteiger partial charge is 0.468 e. The molecule has 6 heteroatoms. The number of rotatable bonds is 7. The molecule has 1 aliphatic carbocycles. The topological polar surface area (TPSA) is 61.8 Å². The summed E-state index contributed by atoms with van der Waals surface area (Å²) < 4.78 is 16.4. The number of carbonyl (C=O) groups excluding carboxylic acids is 2. The van der Waals surface area contributed by atoms with Crippen molar-refractivity contribution in [3.05, 3.63) is 60.7 Å². The van der Waals surface area contributed by atoms with E-state index in [1.54, 1.807) is 7.11 Å². The van der Waals surface area contributed by atoms with Crippen molar-refractivity contribution in [1.82, 2.24) is 0 Å². The minimum absolute atomic E-state index is 0.282. The lowest BCUT2D eigenvalue weighted by atomic mass is 9.63. The van der Waals surface area contributed by atoms with Gasteiger partial charge in [0.1, 0.15) is 8.07 Å². The standard InChI is InChI=1S/C26H34O5Si/c1-25(2)22(29-3)17-19(26(25,23(27)30-4)24(28)31-5)18-32(6,20-13-9-7-10-14-20)21-15-11-8-12-16-21/h7-16,19,22H,17-18H2,1-6H3/t19-,22+/m0/s1. The summed E-state index contributed by atoms with van der Waals surface area (Å²) in [6.45, 7) is 6.14. The molecule has 2 aromatic carbocycles. The molecule has 0 unspecified atom stereocenters. The fourth-order valence-electron chi connectivity index (χ4n) is 5.91. The predicted molar refractivity (Wildman–Crippen MR) is 128 cm³/mol. The zero-order chi connectivity index (χ0) is 23.6. The molecular weight excluding hydrogens is 420 g/mol. The van der Waals surface area contributed by atoms with Gasteiger partial charge in [0.2, 0.25) is 0 Å².